The molecule has 6 nitrogen and oxygen atoms in total. The molecule has 5 rings (SSSR count). The molecule has 0 bridgehead atoms. The lowest BCUT2D eigenvalue weighted by Gasteiger charge is -2.24. The number of aromatic amines is 1. The Hall–Kier alpha value is -3.68. The first kappa shape index (κ1) is 24.0. The molecule has 0 spiro atoms. The molecular weight excluding hydrogens is 490 g/mol. The standard InChI is InChI=1S/C28H26ClN5OS/c1-30-28(36)34-24(17-9-12-20(13-10-17)33(2)3)16-23(32-34)26-25(18-7-5-4-6-8-18)21-15-19(29)11-14-22(21)31-27(26)35/h4-15,24H,16H2,1-3H3,(H,30,36)(H,31,35)/t24-/m0/s1. The average Bonchev–Trinajstić information content (AvgIpc) is 3.33. The largest absolute Gasteiger partial charge is 0.378 e. The van der Waals surface area contributed by atoms with E-state index >= 15 is 0 Å². The number of nitrogens with one attached hydrogen (secondary N) is 2. The van der Waals surface area contributed by atoms with Gasteiger partial charge in [-0.05, 0) is 53.7 Å². The van der Waals surface area contributed by atoms with Crippen molar-refractivity contribution in [3.05, 3.63) is 99.3 Å². The monoisotopic (exact) mass is 515 g/mol. The van der Waals surface area contributed by atoms with Gasteiger partial charge in [-0.3, -0.25) is 4.79 Å². The van der Waals surface area contributed by atoms with Crippen LogP contribution in [0.25, 0.3) is 22.0 Å². The van der Waals surface area contributed by atoms with Crippen molar-refractivity contribution in [1.29, 1.82) is 0 Å². The fourth-order valence-corrected chi connectivity index (χ4v) is 5.00. The van der Waals surface area contributed by atoms with E-state index in [2.05, 4.69) is 39.5 Å². The normalized spacial score (nSPS) is 15.2. The van der Waals surface area contributed by atoms with Crippen LogP contribution in [0.5, 0.6) is 0 Å². The van der Waals surface area contributed by atoms with E-state index in [-0.39, 0.29) is 11.6 Å². The zero-order valence-electron chi connectivity index (χ0n) is 20.2. The highest BCUT2D eigenvalue weighted by Crippen LogP contribution is 2.37. The summed E-state index contributed by atoms with van der Waals surface area (Å²) in [6.45, 7) is 0. The molecule has 1 atom stereocenters. The minimum atomic E-state index is -0.193. The molecule has 0 unspecified atom stereocenters. The van der Waals surface area contributed by atoms with Gasteiger partial charge in [-0.15, -0.1) is 0 Å². The van der Waals surface area contributed by atoms with E-state index in [1.165, 1.54) is 0 Å². The van der Waals surface area contributed by atoms with Gasteiger partial charge in [0.05, 0.1) is 17.3 Å². The van der Waals surface area contributed by atoms with Gasteiger partial charge in [-0.1, -0.05) is 54.1 Å². The molecule has 1 aliphatic heterocycles. The number of fused-ring (bicyclic) bond motifs is 1. The summed E-state index contributed by atoms with van der Waals surface area (Å²) in [6, 6.07) is 23.6. The Balaban J connectivity index is 1.69. The van der Waals surface area contributed by atoms with E-state index in [1.54, 1.807) is 18.1 Å². The van der Waals surface area contributed by atoms with Crippen molar-refractivity contribution in [2.75, 3.05) is 26.0 Å². The Morgan fingerprint density at radius 1 is 1.08 bits per heavy atom. The summed E-state index contributed by atoms with van der Waals surface area (Å²) in [4.78, 5) is 18.7. The van der Waals surface area contributed by atoms with Crippen LogP contribution < -0.4 is 15.8 Å². The molecule has 2 heterocycles. The average molecular weight is 516 g/mol. The highest BCUT2D eigenvalue weighted by Gasteiger charge is 2.34. The van der Waals surface area contributed by atoms with Gasteiger partial charge in [-0.25, -0.2) is 5.01 Å². The number of pyridine rings is 1. The highest BCUT2D eigenvalue weighted by atomic mass is 35.5. The summed E-state index contributed by atoms with van der Waals surface area (Å²) in [7, 11) is 5.80. The molecule has 4 aromatic rings. The Morgan fingerprint density at radius 3 is 2.47 bits per heavy atom. The van der Waals surface area contributed by atoms with Crippen molar-refractivity contribution in [1.82, 2.24) is 15.3 Å². The molecule has 182 valence electrons. The minimum absolute atomic E-state index is 0.144. The second kappa shape index (κ2) is 9.76. The summed E-state index contributed by atoms with van der Waals surface area (Å²) in [5.41, 5.74) is 5.66. The second-order valence-electron chi connectivity index (χ2n) is 8.91. The van der Waals surface area contributed by atoms with Gasteiger partial charge in [-0.2, -0.15) is 5.10 Å². The SMILES string of the molecule is CNC(=S)N1N=C(c2c(-c3ccccc3)c3cc(Cl)ccc3[nH]c2=O)C[C@H]1c1ccc(N(C)C)cc1. The number of nitrogens with zero attached hydrogens (tertiary/aromatic N) is 3. The van der Waals surface area contributed by atoms with Crippen LogP contribution in [-0.4, -0.2) is 42.0 Å². The number of hydrogen-bond donors (Lipinski definition) is 2. The molecule has 0 fully saturated rings. The van der Waals surface area contributed by atoms with E-state index in [4.69, 9.17) is 28.9 Å². The molecule has 1 aromatic heterocycles. The highest BCUT2D eigenvalue weighted by molar-refractivity contribution is 7.80. The smallest absolute Gasteiger partial charge is 0.258 e. The molecule has 8 heteroatoms. The summed E-state index contributed by atoms with van der Waals surface area (Å²) in [5.74, 6) is 0. The van der Waals surface area contributed by atoms with E-state index in [0.29, 0.717) is 27.8 Å². The number of halogens is 1. The molecule has 36 heavy (non-hydrogen) atoms. The third kappa shape index (κ3) is 4.36. The molecule has 0 saturated heterocycles. The summed E-state index contributed by atoms with van der Waals surface area (Å²) >= 11 is 12.0. The van der Waals surface area contributed by atoms with Crippen molar-refractivity contribution in [3.63, 3.8) is 0 Å². The maximum atomic E-state index is 13.6. The third-order valence-corrected chi connectivity index (χ3v) is 7.08. The Labute approximate surface area is 220 Å². The van der Waals surface area contributed by atoms with Crippen molar-refractivity contribution in [2.24, 2.45) is 5.10 Å². The molecule has 0 amide bonds. The van der Waals surface area contributed by atoms with Gasteiger partial charge in [0.2, 0.25) is 0 Å². The van der Waals surface area contributed by atoms with Crippen molar-refractivity contribution >= 4 is 51.2 Å². The first-order valence-electron chi connectivity index (χ1n) is 11.6. The molecule has 3 aromatic carbocycles. The number of aromatic nitrogens is 1. The van der Waals surface area contributed by atoms with Gasteiger partial charge in [0.15, 0.2) is 5.11 Å². The Morgan fingerprint density at radius 2 is 1.81 bits per heavy atom. The number of H-pyrrole nitrogens is 1. The molecular formula is C28H26ClN5OS. The number of thiocarbonyl (C=S) groups is 1. The zero-order valence-corrected chi connectivity index (χ0v) is 21.8. The van der Waals surface area contributed by atoms with Crippen LogP contribution in [0.2, 0.25) is 5.02 Å². The molecule has 0 saturated carbocycles. The van der Waals surface area contributed by atoms with Crippen molar-refractivity contribution in [3.8, 4) is 11.1 Å². The van der Waals surface area contributed by atoms with Crippen molar-refractivity contribution in [2.45, 2.75) is 12.5 Å². The van der Waals surface area contributed by atoms with Crippen LogP contribution in [0.3, 0.4) is 0 Å². The van der Waals surface area contributed by atoms with Crippen LogP contribution in [-0.2, 0) is 0 Å². The maximum absolute atomic E-state index is 13.6. The van der Waals surface area contributed by atoms with E-state index in [0.717, 1.165) is 33.3 Å². The predicted molar refractivity (Wildman–Crippen MR) is 153 cm³/mol. The second-order valence-corrected chi connectivity index (χ2v) is 9.74. The van der Waals surface area contributed by atoms with Crippen LogP contribution in [0, 0.1) is 0 Å². The fourth-order valence-electron chi connectivity index (χ4n) is 4.66. The number of benzene rings is 3. The van der Waals surface area contributed by atoms with Gasteiger partial charge < -0.3 is 15.2 Å². The topological polar surface area (TPSA) is 63.7 Å². The van der Waals surface area contributed by atoms with Crippen LogP contribution in [0.15, 0.2) is 82.7 Å². The summed E-state index contributed by atoms with van der Waals surface area (Å²) in [5, 5.41) is 11.7. The fraction of sp³-hybridized carbons (Fsp3) is 0.179. The summed E-state index contributed by atoms with van der Waals surface area (Å²) in [6.07, 6.45) is 0.526. The minimum Gasteiger partial charge on any atom is -0.378 e. The Kier molecular flexibility index (Phi) is 6.51. The van der Waals surface area contributed by atoms with E-state index in [9.17, 15) is 4.79 Å². The first-order valence-corrected chi connectivity index (χ1v) is 12.4. The number of hydrazone groups is 1. The predicted octanol–water partition coefficient (Wildman–Crippen LogP) is 5.57. The van der Waals surface area contributed by atoms with Gasteiger partial charge in [0.25, 0.3) is 5.56 Å². The molecule has 2 N–H and O–H groups in total. The lowest BCUT2D eigenvalue weighted by atomic mass is 9.91. The van der Waals surface area contributed by atoms with E-state index in [1.807, 2.05) is 56.6 Å². The lowest BCUT2D eigenvalue weighted by molar-refractivity contribution is 0.367. The van der Waals surface area contributed by atoms with Crippen LogP contribution in [0.1, 0.15) is 23.6 Å². The Bertz CT molecular complexity index is 1530. The third-order valence-electron chi connectivity index (χ3n) is 6.45. The van der Waals surface area contributed by atoms with Gasteiger partial charge in [0.1, 0.15) is 0 Å². The number of hydrogen-bond acceptors (Lipinski definition) is 4. The molecule has 1 aliphatic rings. The summed E-state index contributed by atoms with van der Waals surface area (Å²) < 4.78 is 0. The quantitative estimate of drug-likeness (QED) is 0.348. The zero-order chi connectivity index (χ0) is 25.4. The number of rotatable bonds is 4. The maximum Gasteiger partial charge on any atom is 0.258 e. The van der Waals surface area contributed by atoms with Crippen LogP contribution >= 0.6 is 23.8 Å². The lowest BCUT2D eigenvalue weighted by Crippen LogP contribution is -2.34. The van der Waals surface area contributed by atoms with E-state index < -0.39 is 0 Å². The molecule has 0 aliphatic carbocycles. The van der Waals surface area contributed by atoms with Gasteiger partial charge >= 0.3 is 0 Å². The molecule has 0 radical (unpaired) electrons. The number of anilines is 1. The van der Waals surface area contributed by atoms with Crippen molar-refractivity contribution < 1.29 is 0 Å². The van der Waals surface area contributed by atoms with Gasteiger partial charge in [0, 0.05) is 54.7 Å². The first-order chi connectivity index (χ1) is 17.4. The van der Waals surface area contributed by atoms with Crippen LogP contribution in [0.4, 0.5) is 5.69 Å².